The maximum atomic E-state index is 13.1. The fourth-order valence-corrected chi connectivity index (χ4v) is 5.17. The molecule has 0 saturated heterocycles. The first kappa shape index (κ1) is 18.2. The van der Waals surface area contributed by atoms with Crippen molar-refractivity contribution in [3.63, 3.8) is 0 Å². The number of likely N-dealkylation sites (N-methyl/N-ethyl adjacent to an activating group) is 1. The Hall–Kier alpha value is -2.20. The van der Waals surface area contributed by atoms with Crippen LogP contribution in [0.2, 0.25) is 0 Å². The van der Waals surface area contributed by atoms with Gasteiger partial charge in [0.15, 0.2) is 0 Å². The van der Waals surface area contributed by atoms with E-state index in [9.17, 15) is 9.65 Å². The van der Waals surface area contributed by atoms with Crippen LogP contribution in [0.15, 0.2) is 46.8 Å². The molecule has 0 fully saturated rings. The first-order valence-corrected chi connectivity index (χ1v) is 10.7. The molecule has 1 N–H and O–H groups in total. The summed E-state index contributed by atoms with van der Waals surface area (Å²) in [6.45, 7) is 1.95. The Kier molecular flexibility index (Phi) is 5.26. The van der Waals surface area contributed by atoms with E-state index >= 15 is 0 Å². The van der Waals surface area contributed by atoms with Crippen LogP contribution in [-0.2, 0) is 18.7 Å². The molecule has 0 spiro atoms. The molecule has 1 atom stereocenters. The zero-order chi connectivity index (χ0) is 18.8. The molecule has 1 aliphatic heterocycles. The summed E-state index contributed by atoms with van der Waals surface area (Å²) in [5, 5.41) is 12.8. The van der Waals surface area contributed by atoms with E-state index in [1.807, 2.05) is 11.4 Å². The van der Waals surface area contributed by atoms with Gasteiger partial charge in [0.2, 0.25) is 0 Å². The Balaban J connectivity index is 1.76. The van der Waals surface area contributed by atoms with Crippen molar-refractivity contribution in [1.82, 2.24) is 4.98 Å². The third kappa shape index (κ3) is 3.77. The highest BCUT2D eigenvalue weighted by atomic mass is 32.2. The monoisotopic (exact) mass is 396 g/mol. The van der Waals surface area contributed by atoms with E-state index < -0.39 is 0 Å². The number of quaternary nitrogens is 1. The lowest BCUT2D eigenvalue weighted by Gasteiger charge is -2.25. The van der Waals surface area contributed by atoms with Gasteiger partial charge in [-0.15, -0.1) is 23.1 Å². The average Bonchev–Trinajstić information content (AvgIpc) is 3.20. The number of nitrogens with zero attached hydrogens (tertiary/aromatic N) is 2. The number of halogens is 1. The first-order valence-electron chi connectivity index (χ1n) is 8.84. The number of nitrogens with one attached hydrogen (secondary N) is 1. The van der Waals surface area contributed by atoms with E-state index in [-0.39, 0.29) is 5.82 Å². The normalized spacial score (nSPS) is 16.0. The molecule has 0 aliphatic carbocycles. The van der Waals surface area contributed by atoms with Crippen molar-refractivity contribution in [2.45, 2.75) is 23.7 Å². The zero-order valence-electron chi connectivity index (χ0n) is 15.0. The molecule has 1 unspecified atom stereocenters. The largest absolute Gasteiger partial charge is 0.333 e. The molecule has 2 aromatic heterocycles. The number of nitriles is 1. The van der Waals surface area contributed by atoms with Gasteiger partial charge >= 0.3 is 0 Å². The molecule has 1 aromatic carbocycles. The summed E-state index contributed by atoms with van der Waals surface area (Å²) in [5.41, 5.74) is 5.07. The van der Waals surface area contributed by atoms with Gasteiger partial charge in [-0.05, 0) is 29.1 Å². The van der Waals surface area contributed by atoms with Crippen LogP contribution in [0, 0.1) is 17.1 Å². The van der Waals surface area contributed by atoms with E-state index in [2.05, 4.69) is 19.2 Å². The van der Waals surface area contributed by atoms with Crippen molar-refractivity contribution in [3.8, 4) is 16.5 Å². The lowest BCUT2D eigenvalue weighted by atomic mass is 9.96. The van der Waals surface area contributed by atoms with Gasteiger partial charge in [0.25, 0.3) is 0 Å². The average molecular weight is 397 g/mol. The number of aromatic nitrogens is 1. The van der Waals surface area contributed by atoms with Gasteiger partial charge in [-0.2, -0.15) is 5.26 Å². The molecular weight excluding hydrogens is 377 g/mol. The van der Waals surface area contributed by atoms with Crippen LogP contribution in [0.4, 0.5) is 4.39 Å². The second-order valence-electron chi connectivity index (χ2n) is 6.73. The highest BCUT2D eigenvalue weighted by molar-refractivity contribution is 7.98. The molecule has 4 rings (SSSR count). The molecule has 6 heteroatoms. The summed E-state index contributed by atoms with van der Waals surface area (Å²) in [7, 11) is 2.18. The fourth-order valence-electron chi connectivity index (χ4n) is 3.40. The van der Waals surface area contributed by atoms with Gasteiger partial charge in [-0.1, -0.05) is 18.2 Å². The molecular formula is C21H19FN3S2+. The Bertz CT molecular complexity index is 992. The van der Waals surface area contributed by atoms with Crippen LogP contribution in [0.25, 0.3) is 10.4 Å². The molecule has 0 amide bonds. The molecule has 3 aromatic rings. The second kappa shape index (κ2) is 7.81. The number of pyridine rings is 1. The van der Waals surface area contributed by atoms with E-state index in [4.69, 9.17) is 4.98 Å². The van der Waals surface area contributed by atoms with E-state index in [1.54, 1.807) is 35.2 Å². The summed E-state index contributed by atoms with van der Waals surface area (Å²) in [5.74, 6) is 0.426. The van der Waals surface area contributed by atoms with Crippen LogP contribution >= 0.6 is 23.1 Å². The minimum Gasteiger partial charge on any atom is -0.333 e. The number of thiophene rings is 1. The van der Waals surface area contributed by atoms with E-state index in [1.165, 1.54) is 22.6 Å². The lowest BCUT2D eigenvalue weighted by Crippen LogP contribution is -3.08. The molecule has 1 aliphatic rings. The van der Waals surface area contributed by atoms with Gasteiger partial charge in [-0.3, -0.25) is 0 Å². The predicted octanol–water partition coefficient (Wildman–Crippen LogP) is 3.68. The topological polar surface area (TPSA) is 41.1 Å². The van der Waals surface area contributed by atoms with E-state index in [0.29, 0.717) is 11.3 Å². The Morgan fingerprint density at radius 2 is 2.11 bits per heavy atom. The highest BCUT2D eigenvalue weighted by Crippen LogP contribution is 2.38. The maximum Gasteiger partial charge on any atom is 0.123 e. The molecule has 3 heterocycles. The fraction of sp³-hybridized carbons (Fsp3) is 0.238. The Morgan fingerprint density at radius 1 is 1.30 bits per heavy atom. The van der Waals surface area contributed by atoms with Crippen molar-refractivity contribution in [2.24, 2.45) is 0 Å². The molecule has 0 radical (unpaired) electrons. The SMILES string of the molecule is C[NH+]1CCc2nc(SCc3ccc(F)cc3)c(C#N)c(-c3cccs3)c2C1. The van der Waals surface area contributed by atoms with Crippen LogP contribution in [0.3, 0.4) is 0 Å². The maximum absolute atomic E-state index is 13.1. The summed E-state index contributed by atoms with van der Waals surface area (Å²) in [4.78, 5) is 7.45. The number of rotatable bonds is 4. The van der Waals surface area contributed by atoms with Crippen molar-refractivity contribution >= 4 is 23.1 Å². The number of benzene rings is 1. The molecule has 27 heavy (non-hydrogen) atoms. The third-order valence-corrected chi connectivity index (χ3v) is 6.72. The van der Waals surface area contributed by atoms with Gasteiger partial charge in [0, 0.05) is 28.2 Å². The van der Waals surface area contributed by atoms with Crippen LogP contribution in [0.5, 0.6) is 0 Å². The summed E-state index contributed by atoms with van der Waals surface area (Å²) >= 11 is 3.22. The number of thioether (sulfide) groups is 1. The van der Waals surface area contributed by atoms with Crippen LogP contribution in [-0.4, -0.2) is 18.6 Å². The van der Waals surface area contributed by atoms with Crippen molar-refractivity contribution < 1.29 is 9.29 Å². The number of hydrogen-bond acceptors (Lipinski definition) is 4. The second-order valence-corrected chi connectivity index (χ2v) is 8.64. The molecule has 0 bridgehead atoms. The summed E-state index contributed by atoms with van der Waals surface area (Å²) in [6.07, 6.45) is 0.926. The Labute approximate surface area is 166 Å². The highest BCUT2D eigenvalue weighted by Gasteiger charge is 2.27. The zero-order valence-corrected chi connectivity index (χ0v) is 16.6. The van der Waals surface area contributed by atoms with Gasteiger partial charge in [0.1, 0.15) is 23.5 Å². The predicted molar refractivity (Wildman–Crippen MR) is 107 cm³/mol. The minimum absolute atomic E-state index is 0.236. The van der Waals surface area contributed by atoms with Gasteiger partial charge < -0.3 is 4.90 Å². The molecule has 136 valence electrons. The van der Waals surface area contributed by atoms with Crippen LogP contribution in [0.1, 0.15) is 22.4 Å². The van der Waals surface area contributed by atoms with Gasteiger partial charge in [-0.25, -0.2) is 9.37 Å². The number of fused-ring (bicyclic) bond motifs is 1. The smallest absolute Gasteiger partial charge is 0.123 e. The molecule has 0 saturated carbocycles. The van der Waals surface area contributed by atoms with Crippen molar-refractivity contribution in [3.05, 3.63) is 70.0 Å². The first-order chi connectivity index (χ1) is 13.2. The van der Waals surface area contributed by atoms with Crippen molar-refractivity contribution in [2.75, 3.05) is 13.6 Å². The minimum atomic E-state index is -0.236. The van der Waals surface area contributed by atoms with Crippen molar-refractivity contribution in [1.29, 1.82) is 5.26 Å². The Morgan fingerprint density at radius 3 is 2.81 bits per heavy atom. The molecule has 3 nitrogen and oxygen atoms in total. The quantitative estimate of drug-likeness (QED) is 0.684. The standard InChI is InChI=1S/C21H18FN3S2/c1-25-9-8-18-17(12-25)20(19-3-2-10-26-19)16(11-23)21(24-18)27-13-14-4-6-15(22)7-5-14/h2-7,10H,8-9,12-13H2,1H3/p+1. The lowest BCUT2D eigenvalue weighted by molar-refractivity contribution is -0.895. The van der Waals surface area contributed by atoms with Gasteiger partial charge in [0.05, 0.1) is 24.8 Å². The van der Waals surface area contributed by atoms with Crippen LogP contribution < -0.4 is 4.90 Å². The third-order valence-electron chi connectivity index (χ3n) is 4.79. The van der Waals surface area contributed by atoms with E-state index in [0.717, 1.165) is 46.2 Å². The summed E-state index contributed by atoms with van der Waals surface area (Å²) in [6, 6.07) is 13.0. The summed E-state index contributed by atoms with van der Waals surface area (Å²) < 4.78 is 13.1. The number of hydrogen-bond donors (Lipinski definition) is 1.